The summed E-state index contributed by atoms with van der Waals surface area (Å²) in [6.45, 7) is 1.66. The highest BCUT2D eigenvalue weighted by Gasteiger charge is 1.99. The number of carbonyl (C=O) groups is 1. The van der Waals surface area contributed by atoms with Gasteiger partial charge < -0.3 is 9.84 Å². The summed E-state index contributed by atoms with van der Waals surface area (Å²) >= 11 is 0. The summed E-state index contributed by atoms with van der Waals surface area (Å²) in [5, 5.41) is 8.57. The third kappa shape index (κ3) is 3.89. The van der Waals surface area contributed by atoms with Crippen LogP contribution in [0, 0.1) is 18.8 Å². The number of benzene rings is 2. The van der Waals surface area contributed by atoms with Gasteiger partial charge in [-0.05, 0) is 36.8 Å². The Morgan fingerprint density at radius 1 is 1.15 bits per heavy atom. The van der Waals surface area contributed by atoms with Gasteiger partial charge >= 0.3 is 5.97 Å². The lowest BCUT2D eigenvalue weighted by Gasteiger charge is -2.02. The van der Waals surface area contributed by atoms with Crippen LogP contribution in [0.2, 0.25) is 0 Å². The van der Waals surface area contributed by atoms with Crippen LogP contribution in [0.15, 0.2) is 48.5 Å². The van der Waals surface area contributed by atoms with Gasteiger partial charge in [0.1, 0.15) is 5.75 Å². The lowest BCUT2D eigenvalue weighted by Crippen LogP contribution is -2.09. The van der Waals surface area contributed by atoms with E-state index in [0.29, 0.717) is 5.75 Å². The Hall–Kier alpha value is -2.73. The molecule has 0 saturated heterocycles. The van der Waals surface area contributed by atoms with Crippen LogP contribution < -0.4 is 4.74 Å². The van der Waals surface area contributed by atoms with Crippen LogP contribution in [-0.2, 0) is 4.79 Å². The van der Waals surface area contributed by atoms with Crippen molar-refractivity contribution in [3.8, 4) is 17.6 Å². The monoisotopic (exact) mass is 266 g/mol. The zero-order chi connectivity index (χ0) is 14.4. The first kappa shape index (κ1) is 13.7. The van der Waals surface area contributed by atoms with Crippen LogP contribution in [0.1, 0.15) is 16.7 Å². The number of carboxylic acids is 1. The SMILES string of the molecule is Cc1ccccc1C#Cc1cccc(OCC(=O)O)c1. The standard InChI is InChI=1S/C17H14O3/c1-13-5-2-3-7-15(13)10-9-14-6-4-8-16(11-14)20-12-17(18)19/h2-8,11H,12H2,1H3,(H,18,19). The Bertz CT molecular complexity index is 678. The third-order valence-corrected chi connectivity index (χ3v) is 2.68. The molecule has 0 heterocycles. The van der Waals surface area contributed by atoms with Crippen molar-refractivity contribution in [3.63, 3.8) is 0 Å². The van der Waals surface area contributed by atoms with E-state index in [2.05, 4.69) is 11.8 Å². The number of hydrogen-bond acceptors (Lipinski definition) is 2. The van der Waals surface area contributed by atoms with Gasteiger partial charge in [0.05, 0.1) is 0 Å². The number of aliphatic carboxylic acids is 1. The number of ether oxygens (including phenoxy) is 1. The zero-order valence-electron chi connectivity index (χ0n) is 11.1. The maximum atomic E-state index is 10.5. The van der Waals surface area contributed by atoms with Gasteiger partial charge in [0.2, 0.25) is 0 Å². The Kier molecular flexibility index (Phi) is 4.41. The van der Waals surface area contributed by atoms with Crippen LogP contribution in [0.4, 0.5) is 0 Å². The van der Waals surface area contributed by atoms with Crippen LogP contribution in [0.3, 0.4) is 0 Å². The van der Waals surface area contributed by atoms with Crippen LogP contribution >= 0.6 is 0 Å². The highest BCUT2D eigenvalue weighted by molar-refractivity contribution is 5.68. The molecule has 1 N–H and O–H groups in total. The van der Waals surface area contributed by atoms with E-state index in [-0.39, 0.29) is 6.61 Å². The molecule has 0 radical (unpaired) electrons. The van der Waals surface area contributed by atoms with Gasteiger partial charge in [0, 0.05) is 11.1 Å². The fourth-order valence-corrected chi connectivity index (χ4v) is 1.66. The topological polar surface area (TPSA) is 46.5 Å². The van der Waals surface area contributed by atoms with E-state index in [9.17, 15) is 4.79 Å². The molecule has 3 nitrogen and oxygen atoms in total. The summed E-state index contributed by atoms with van der Waals surface area (Å²) in [5.41, 5.74) is 2.89. The van der Waals surface area contributed by atoms with Crippen molar-refractivity contribution in [1.29, 1.82) is 0 Å². The average Bonchev–Trinajstić information content (AvgIpc) is 2.45. The average molecular weight is 266 g/mol. The van der Waals surface area contributed by atoms with E-state index in [0.717, 1.165) is 16.7 Å². The summed E-state index contributed by atoms with van der Waals surface area (Å²) in [4.78, 5) is 10.5. The molecule has 0 aliphatic heterocycles. The zero-order valence-corrected chi connectivity index (χ0v) is 11.1. The first-order valence-electron chi connectivity index (χ1n) is 6.17. The molecular formula is C17H14O3. The normalized spacial score (nSPS) is 9.45. The molecule has 20 heavy (non-hydrogen) atoms. The van der Waals surface area contributed by atoms with Crippen LogP contribution in [0.5, 0.6) is 5.75 Å². The minimum absolute atomic E-state index is 0.353. The molecule has 0 spiro atoms. The molecule has 0 bridgehead atoms. The third-order valence-electron chi connectivity index (χ3n) is 2.68. The lowest BCUT2D eigenvalue weighted by atomic mass is 10.1. The van der Waals surface area contributed by atoms with Gasteiger partial charge in [-0.15, -0.1) is 0 Å². The molecular weight excluding hydrogens is 252 g/mol. The van der Waals surface area contributed by atoms with E-state index in [1.165, 1.54) is 0 Å². The van der Waals surface area contributed by atoms with Gasteiger partial charge in [0.15, 0.2) is 6.61 Å². The van der Waals surface area contributed by atoms with Gasteiger partial charge in [-0.3, -0.25) is 0 Å². The first-order chi connectivity index (χ1) is 9.65. The molecule has 0 amide bonds. The highest BCUT2D eigenvalue weighted by atomic mass is 16.5. The Morgan fingerprint density at radius 3 is 2.70 bits per heavy atom. The predicted molar refractivity (Wildman–Crippen MR) is 76.7 cm³/mol. The molecule has 0 saturated carbocycles. The fourth-order valence-electron chi connectivity index (χ4n) is 1.66. The molecule has 2 aromatic carbocycles. The predicted octanol–water partition coefficient (Wildman–Crippen LogP) is 2.86. The first-order valence-corrected chi connectivity index (χ1v) is 6.17. The summed E-state index contributed by atoms with van der Waals surface area (Å²) in [5.74, 6) is 5.66. The molecule has 2 rings (SSSR count). The van der Waals surface area contributed by atoms with Crippen molar-refractivity contribution < 1.29 is 14.6 Å². The Balaban J connectivity index is 2.17. The van der Waals surface area contributed by atoms with E-state index in [4.69, 9.17) is 9.84 Å². The number of hydrogen-bond donors (Lipinski definition) is 1. The van der Waals surface area contributed by atoms with Gasteiger partial charge in [0.25, 0.3) is 0 Å². The van der Waals surface area contributed by atoms with E-state index in [1.807, 2.05) is 37.3 Å². The lowest BCUT2D eigenvalue weighted by molar-refractivity contribution is -0.139. The number of rotatable bonds is 3. The van der Waals surface area contributed by atoms with Crippen molar-refractivity contribution >= 4 is 5.97 Å². The molecule has 0 aromatic heterocycles. The van der Waals surface area contributed by atoms with Crippen molar-refractivity contribution in [1.82, 2.24) is 0 Å². The second kappa shape index (κ2) is 6.44. The van der Waals surface area contributed by atoms with Gasteiger partial charge in [-0.25, -0.2) is 4.79 Å². The Morgan fingerprint density at radius 2 is 1.95 bits per heavy atom. The van der Waals surface area contributed by atoms with E-state index >= 15 is 0 Å². The van der Waals surface area contributed by atoms with E-state index < -0.39 is 5.97 Å². The summed E-state index contributed by atoms with van der Waals surface area (Å²) in [7, 11) is 0. The fraction of sp³-hybridized carbons (Fsp3) is 0.118. The minimum Gasteiger partial charge on any atom is -0.482 e. The van der Waals surface area contributed by atoms with Crippen molar-refractivity contribution in [2.24, 2.45) is 0 Å². The smallest absolute Gasteiger partial charge is 0.341 e. The van der Waals surface area contributed by atoms with Crippen LogP contribution in [-0.4, -0.2) is 17.7 Å². The molecule has 0 atom stereocenters. The summed E-state index contributed by atoms with van der Waals surface area (Å²) in [6.07, 6.45) is 0. The van der Waals surface area contributed by atoms with Crippen LogP contribution in [0.25, 0.3) is 0 Å². The number of carboxylic acid groups (broad SMARTS) is 1. The summed E-state index contributed by atoms with van der Waals surface area (Å²) in [6, 6.07) is 15.0. The van der Waals surface area contributed by atoms with Crippen molar-refractivity contribution in [2.45, 2.75) is 6.92 Å². The van der Waals surface area contributed by atoms with Gasteiger partial charge in [-0.1, -0.05) is 36.1 Å². The largest absolute Gasteiger partial charge is 0.482 e. The second-order valence-corrected chi connectivity index (χ2v) is 4.28. The second-order valence-electron chi connectivity index (χ2n) is 4.28. The summed E-state index contributed by atoms with van der Waals surface area (Å²) < 4.78 is 5.12. The quantitative estimate of drug-likeness (QED) is 0.869. The maximum absolute atomic E-state index is 10.5. The molecule has 0 aliphatic carbocycles. The van der Waals surface area contributed by atoms with Crippen molar-refractivity contribution in [3.05, 3.63) is 65.2 Å². The molecule has 0 fully saturated rings. The maximum Gasteiger partial charge on any atom is 0.341 e. The highest BCUT2D eigenvalue weighted by Crippen LogP contribution is 2.13. The molecule has 2 aromatic rings. The molecule has 0 aliphatic rings. The molecule has 0 unspecified atom stereocenters. The Labute approximate surface area is 117 Å². The number of aryl methyl sites for hydroxylation is 1. The van der Waals surface area contributed by atoms with Gasteiger partial charge in [-0.2, -0.15) is 0 Å². The van der Waals surface area contributed by atoms with Crippen molar-refractivity contribution in [2.75, 3.05) is 6.61 Å². The molecule has 3 heteroatoms. The van der Waals surface area contributed by atoms with E-state index in [1.54, 1.807) is 18.2 Å². The molecule has 100 valence electrons. The minimum atomic E-state index is -0.999.